The van der Waals surface area contributed by atoms with Gasteiger partial charge in [-0.15, -0.1) is 0 Å². The maximum Gasteiger partial charge on any atom is 0.163 e. The molecule has 5 heteroatoms. The Morgan fingerprint density at radius 1 is 1.07 bits per heavy atom. The highest BCUT2D eigenvalue weighted by atomic mass is 35.5. The number of piperidine rings is 1. The Bertz CT molecular complexity index is 743. The van der Waals surface area contributed by atoms with Crippen molar-refractivity contribution < 1.29 is 9.47 Å². The van der Waals surface area contributed by atoms with E-state index in [1.54, 1.807) is 0 Å². The van der Waals surface area contributed by atoms with Crippen molar-refractivity contribution in [2.24, 2.45) is 5.92 Å². The quantitative estimate of drug-likeness (QED) is 0.637. The van der Waals surface area contributed by atoms with Crippen LogP contribution in [0.25, 0.3) is 0 Å². The van der Waals surface area contributed by atoms with Crippen LogP contribution in [-0.2, 0) is 13.2 Å². The highest BCUT2D eigenvalue weighted by Crippen LogP contribution is 2.34. The minimum atomic E-state index is 0.490. The maximum absolute atomic E-state index is 6.54. The Hall–Kier alpha value is -1.75. The van der Waals surface area contributed by atoms with Crippen molar-refractivity contribution in [1.29, 1.82) is 0 Å². The number of hydrogen-bond acceptors (Lipinski definition) is 4. The molecule has 0 aliphatic carbocycles. The van der Waals surface area contributed by atoms with Crippen molar-refractivity contribution in [2.45, 2.75) is 39.8 Å². The van der Waals surface area contributed by atoms with Gasteiger partial charge in [0.15, 0.2) is 11.5 Å². The highest BCUT2D eigenvalue weighted by Gasteiger charge is 2.14. The predicted octanol–water partition coefficient (Wildman–Crippen LogP) is 4.72. The molecule has 0 unspecified atom stereocenters. The normalized spacial score (nSPS) is 14.8. The lowest BCUT2D eigenvalue weighted by molar-refractivity contribution is 0.269. The van der Waals surface area contributed by atoms with Crippen LogP contribution in [0.4, 0.5) is 0 Å². The van der Waals surface area contributed by atoms with Crippen LogP contribution in [0.5, 0.6) is 11.5 Å². The number of rotatable bonds is 9. The molecule has 2 aromatic rings. The molecule has 0 atom stereocenters. The van der Waals surface area contributed by atoms with E-state index in [9.17, 15) is 0 Å². The van der Waals surface area contributed by atoms with Crippen molar-refractivity contribution in [2.75, 3.05) is 26.2 Å². The van der Waals surface area contributed by atoms with Crippen LogP contribution in [0.1, 0.15) is 36.5 Å². The third kappa shape index (κ3) is 6.13. The Kier molecular flexibility index (Phi) is 8.01. The van der Waals surface area contributed by atoms with E-state index in [1.165, 1.54) is 18.4 Å². The van der Waals surface area contributed by atoms with Gasteiger partial charge in [-0.2, -0.15) is 0 Å². The summed E-state index contributed by atoms with van der Waals surface area (Å²) in [5.41, 5.74) is 3.40. The molecule has 0 saturated carbocycles. The van der Waals surface area contributed by atoms with Crippen molar-refractivity contribution in [3.63, 3.8) is 0 Å². The zero-order chi connectivity index (χ0) is 19.8. The maximum atomic E-state index is 6.54. The van der Waals surface area contributed by atoms with Crippen LogP contribution >= 0.6 is 11.6 Å². The molecule has 2 aromatic carbocycles. The lowest BCUT2D eigenvalue weighted by Gasteiger charge is -2.23. The minimum Gasteiger partial charge on any atom is -0.490 e. The summed E-state index contributed by atoms with van der Waals surface area (Å²) in [4.78, 5) is 0. The molecular formula is C23H31ClN2O2. The first kappa shape index (κ1) is 21.0. The molecule has 3 rings (SSSR count). The molecule has 0 spiro atoms. The SMILES string of the molecule is CCOc1cc(CNCC2CCNCC2)c(Cl)cc1OCc1ccc(C)cc1. The monoisotopic (exact) mass is 402 g/mol. The van der Waals surface area contributed by atoms with Crippen LogP contribution in [0.2, 0.25) is 5.02 Å². The van der Waals surface area contributed by atoms with Gasteiger partial charge in [-0.3, -0.25) is 0 Å². The van der Waals surface area contributed by atoms with Crippen molar-refractivity contribution in [1.82, 2.24) is 10.6 Å². The van der Waals surface area contributed by atoms with Gasteiger partial charge in [-0.05, 0) is 69.4 Å². The predicted molar refractivity (Wildman–Crippen MR) is 115 cm³/mol. The van der Waals surface area contributed by atoms with E-state index >= 15 is 0 Å². The fourth-order valence-corrected chi connectivity index (χ4v) is 3.66. The molecule has 0 amide bonds. The van der Waals surface area contributed by atoms with Crippen molar-refractivity contribution in [3.8, 4) is 11.5 Å². The van der Waals surface area contributed by atoms with Gasteiger partial charge in [0, 0.05) is 17.6 Å². The van der Waals surface area contributed by atoms with E-state index in [-0.39, 0.29) is 0 Å². The molecule has 1 heterocycles. The van der Waals surface area contributed by atoms with E-state index < -0.39 is 0 Å². The summed E-state index contributed by atoms with van der Waals surface area (Å²) in [6.07, 6.45) is 2.47. The van der Waals surface area contributed by atoms with Crippen LogP contribution in [0.3, 0.4) is 0 Å². The molecule has 0 aromatic heterocycles. The number of aryl methyl sites for hydroxylation is 1. The van der Waals surface area contributed by atoms with Gasteiger partial charge in [0.2, 0.25) is 0 Å². The Morgan fingerprint density at radius 2 is 1.79 bits per heavy atom. The fraction of sp³-hybridized carbons (Fsp3) is 0.478. The summed E-state index contributed by atoms with van der Waals surface area (Å²) in [6, 6.07) is 12.2. The number of halogens is 1. The fourth-order valence-electron chi connectivity index (χ4n) is 3.44. The molecule has 1 aliphatic heterocycles. The van der Waals surface area contributed by atoms with Crippen LogP contribution in [-0.4, -0.2) is 26.2 Å². The van der Waals surface area contributed by atoms with Crippen LogP contribution in [0, 0.1) is 12.8 Å². The van der Waals surface area contributed by atoms with Gasteiger partial charge in [0.25, 0.3) is 0 Å². The molecule has 4 nitrogen and oxygen atoms in total. The Morgan fingerprint density at radius 3 is 2.50 bits per heavy atom. The van der Waals surface area contributed by atoms with Gasteiger partial charge >= 0.3 is 0 Å². The average molecular weight is 403 g/mol. The number of ether oxygens (including phenoxy) is 2. The van der Waals surface area contributed by atoms with E-state index in [2.05, 4.69) is 41.8 Å². The van der Waals surface area contributed by atoms with Gasteiger partial charge in [-0.25, -0.2) is 0 Å². The van der Waals surface area contributed by atoms with Gasteiger partial charge < -0.3 is 20.1 Å². The molecule has 2 N–H and O–H groups in total. The van der Waals surface area contributed by atoms with Crippen molar-refractivity contribution in [3.05, 3.63) is 58.1 Å². The van der Waals surface area contributed by atoms with Crippen molar-refractivity contribution >= 4 is 11.6 Å². The first-order chi connectivity index (χ1) is 13.7. The number of nitrogens with one attached hydrogen (secondary N) is 2. The van der Waals surface area contributed by atoms with Gasteiger partial charge in [0.1, 0.15) is 6.61 Å². The summed E-state index contributed by atoms with van der Waals surface area (Å²) < 4.78 is 11.8. The highest BCUT2D eigenvalue weighted by molar-refractivity contribution is 6.31. The largest absolute Gasteiger partial charge is 0.490 e. The lowest BCUT2D eigenvalue weighted by Crippen LogP contribution is -2.33. The van der Waals surface area contributed by atoms with E-state index in [1.807, 2.05) is 19.1 Å². The second kappa shape index (κ2) is 10.7. The van der Waals surface area contributed by atoms with E-state index in [4.69, 9.17) is 21.1 Å². The van der Waals surface area contributed by atoms with E-state index in [0.29, 0.717) is 24.0 Å². The van der Waals surface area contributed by atoms with Gasteiger partial charge in [0.05, 0.1) is 6.61 Å². The molecule has 1 aliphatic rings. The number of hydrogen-bond donors (Lipinski definition) is 2. The van der Waals surface area contributed by atoms with Crippen LogP contribution < -0.4 is 20.1 Å². The van der Waals surface area contributed by atoms with E-state index in [0.717, 1.165) is 49.0 Å². The third-order valence-electron chi connectivity index (χ3n) is 5.13. The summed E-state index contributed by atoms with van der Waals surface area (Å²) in [5.74, 6) is 2.18. The van der Waals surface area contributed by atoms with Crippen LogP contribution in [0.15, 0.2) is 36.4 Å². The molecule has 28 heavy (non-hydrogen) atoms. The Labute approximate surface area is 173 Å². The topological polar surface area (TPSA) is 42.5 Å². The molecule has 1 fully saturated rings. The second-order valence-electron chi connectivity index (χ2n) is 7.42. The number of benzene rings is 2. The summed E-state index contributed by atoms with van der Waals surface area (Å²) in [5, 5.41) is 7.67. The second-order valence-corrected chi connectivity index (χ2v) is 7.83. The molecule has 0 radical (unpaired) electrons. The molecule has 152 valence electrons. The summed E-state index contributed by atoms with van der Waals surface area (Å²) in [6.45, 7) is 9.13. The first-order valence-corrected chi connectivity index (χ1v) is 10.6. The molecular weight excluding hydrogens is 372 g/mol. The molecule has 1 saturated heterocycles. The Balaban J connectivity index is 1.62. The summed E-state index contributed by atoms with van der Waals surface area (Å²) >= 11 is 6.54. The zero-order valence-corrected chi connectivity index (χ0v) is 17.6. The third-order valence-corrected chi connectivity index (χ3v) is 5.49. The standard InChI is InChI=1S/C23H31ClN2O2/c1-3-27-22-12-20(15-26-14-18-8-10-25-11-9-18)21(24)13-23(22)28-16-19-6-4-17(2)5-7-19/h4-7,12-13,18,25-26H,3,8-11,14-16H2,1-2H3. The first-order valence-electron chi connectivity index (χ1n) is 10.2. The zero-order valence-electron chi connectivity index (χ0n) is 16.9. The van der Waals surface area contributed by atoms with Gasteiger partial charge in [-0.1, -0.05) is 41.4 Å². The summed E-state index contributed by atoms with van der Waals surface area (Å²) in [7, 11) is 0. The smallest absolute Gasteiger partial charge is 0.163 e. The lowest BCUT2D eigenvalue weighted by atomic mass is 9.98. The minimum absolute atomic E-state index is 0.490. The average Bonchev–Trinajstić information content (AvgIpc) is 2.71. The molecule has 0 bridgehead atoms.